The van der Waals surface area contributed by atoms with Crippen LogP contribution in [0.2, 0.25) is 0 Å². The van der Waals surface area contributed by atoms with E-state index in [1.54, 1.807) is 19.3 Å². The highest BCUT2D eigenvalue weighted by Gasteiger charge is 2.25. The van der Waals surface area contributed by atoms with Gasteiger partial charge in [0.05, 0.1) is 11.7 Å². The van der Waals surface area contributed by atoms with Crippen LogP contribution < -0.4 is 0 Å². The number of aromatic nitrogens is 4. The second kappa shape index (κ2) is 8.48. The maximum absolute atomic E-state index is 12.3. The average Bonchev–Trinajstić information content (AvgIpc) is 3.08. The zero-order valence-corrected chi connectivity index (χ0v) is 16.2. The Morgan fingerprint density at radius 2 is 2.07 bits per heavy atom. The quantitative estimate of drug-likeness (QED) is 0.739. The summed E-state index contributed by atoms with van der Waals surface area (Å²) in [4.78, 5) is 24.9. The molecular weight excluding hydrogens is 352 g/mol. The zero-order valence-electron chi connectivity index (χ0n) is 16.2. The molecule has 1 fully saturated rings. The van der Waals surface area contributed by atoms with Gasteiger partial charge in [0, 0.05) is 55.9 Å². The Morgan fingerprint density at radius 3 is 2.89 bits per heavy atom. The third-order valence-electron chi connectivity index (χ3n) is 5.56. The van der Waals surface area contributed by atoms with Gasteiger partial charge in [0.25, 0.3) is 0 Å². The largest absolute Gasteiger partial charge is 0.335 e. The Morgan fingerprint density at radius 1 is 1.21 bits per heavy atom. The number of carbonyl (C=O) groups is 1. The highest BCUT2D eigenvalue weighted by atomic mass is 16.2. The van der Waals surface area contributed by atoms with Crippen LogP contribution >= 0.6 is 0 Å². The van der Waals surface area contributed by atoms with Crippen molar-refractivity contribution in [1.82, 2.24) is 30.0 Å². The number of fused-ring (bicyclic) bond motifs is 1. The van der Waals surface area contributed by atoms with Crippen molar-refractivity contribution >= 4 is 16.8 Å². The zero-order chi connectivity index (χ0) is 19.3. The van der Waals surface area contributed by atoms with Crippen LogP contribution in [0.4, 0.5) is 0 Å². The molecule has 0 unspecified atom stereocenters. The van der Waals surface area contributed by atoms with E-state index in [4.69, 9.17) is 0 Å². The van der Waals surface area contributed by atoms with Crippen molar-refractivity contribution in [3.05, 3.63) is 54.2 Å². The molecule has 7 heteroatoms. The molecule has 2 aromatic heterocycles. The lowest BCUT2D eigenvalue weighted by molar-refractivity contribution is -0.132. The van der Waals surface area contributed by atoms with E-state index in [0.717, 1.165) is 55.4 Å². The molecule has 0 aliphatic carbocycles. The van der Waals surface area contributed by atoms with E-state index < -0.39 is 0 Å². The molecule has 146 valence electrons. The van der Waals surface area contributed by atoms with Gasteiger partial charge in [0.2, 0.25) is 5.91 Å². The normalized spacial score (nSPS) is 18.1. The van der Waals surface area contributed by atoms with Crippen molar-refractivity contribution in [3.8, 4) is 0 Å². The lowest BCUT2D eigenvalue weighted by Gasteiger charge is -2.30. The maximum atomic E-state index is 12.3. The fourth-order valence-electron chi connectivity index (χ4n) is 4.12. The number of benzene rings is 1. The molecule has 1 atom stereocenters. The molecule has 0 radical (unpaired) electrons. The lowest BCUT2D eigenvalue weighted by Crippen LogP contribution is -2.39. The first-order valence-electron chi connectivity index (χ1n) is 9.85. The van der Waals surface area contributed by atoms with Crippen molar-refractivity contribution in [1.29, 1.82) is 0 Å². The first-order chi connectivity index (χ1) is 13.7. The highest BCUT2D eigenvalue weighted by Crippen LogP contribution is 2.22. The van der Waals surface area contributed by atoms with E-state index in [9.17, 15) is 4.79 Å². The maximum Gasteiger partial charge on any atom is 0.219 e. The summed E-state index contributed by atoms with van der Waals surface area (Å²) in [5.74, 6) is 0.115. The number of hydrogen-bond acceptors (Lipinski definition) is 5. The molecule has 1 aliphatic rings. The molecule has 3 aromatic rings. The number of nitrogens with one attached hydrogen (secondary N) is 1. The van der Waals surface area contributed by atoms with Gasteiger partial charge in [-0.05, 0) is 31.4 Å². The number of likely N-dealkylation sites (tertiary alicyclic amines) is 1. The van der Waals surface area contributed by atoms with Gasteiger partial charge >= 0.3 is 0 Å². The van der Waals surface area contributed by atoms with Crippen LogP contribution in [-0.4, -0.2) is 55.0 Å². The molecule has 1 N–H and O–H groups in total. The van der Waals surface area contributed by atoms with Crippen LogP contribution in [-0.2, 0) is 17.9 Å². The van der Waals surface area contributed by atoms with E-state index in [2.05, 4.69) is 43.3 Å². The van der Waals surface area contributed by atoms with Crippen LogP contribution in [0.5, 0.6) is 0 Å². The summed E-state index contributed by atoms with van der Waals surface area (Å²) in [6.45, 7) is 5.16. The van der Waals surface area contributed by atoms with Crippen LogP contribution in [0.25, 0.3) is 10.9 Å². The standard InChI is InChI=1S/C21H26N6O/c1-16(28)27(13-17-10-22-15-23-11-17)20-6-3-8-26(9-7-20)14-19-5-2-4-18-12-24-25-21(18)19/h2,4-5,10-12,15,20H,3,6-9,13-14H2,1H3,(H,24,25)/t20-/m0/s1. The fourth-order valence-corrected chi connectivity index (χ4v) is 4.12. The van der Waals surface area contributed by atoms with Crippen molar-refractivity contribution in [2.75, 3.05) is 13.1 Å². The molecule has 1 saturated heterocycles. The number of para-hydroxylation sites is 1. The van der Waals surface area contributed by atoms with Gasteiger partial charge in [-0.2, -0.15) is 5.10 Å². The Labute approximate surface area is 164 Å². The Kier molecular flexibility index (Phi) is 5.62. The number of nitrogens with zero attached hydrogens (tertiary/aromatic N) is 5. The Hall–Kier alpha value is -2.80. The molecule has 3 heterocycles. The van der Waals surface area contributed by atoms with Crippen molar-refractivity contribution in [2.45, 2.75) is 45.3 Å². The second-order valence-electron chi connectivity index (χ2n) is 7.51. The molecule has 0 spiro atoms. The number of aromatic amines is 1. The van der Waals surface area contributed by atoms with Gasteiger partial charge in [-0.1, -0.05) is 18.2 Å². The monoisotopic (exact) mass is 378 g/mol. The number of carbonyl (C=O) groups excluding carboxylic acids is 1. The summed E-state index contributed by atoms with van der Waals surface area (Å²) in [7, 11) is 0. The van der Waals surface area contributed by atoms with Gasteiger partial charge in [-0.25, -0.2) is 9.97 Å². The minimum absolute atomic E-state index is 0.115. The minimum atomic E-state index is 0.115. The van der Waals surface area contributed by atoms with Crippen LogP contribution in [0.15, 0.2) is 43.1 Å². The fraction of sp³-hybridized carbons (Fsp3) is 0.429. The number of hydrogen-bond donors (Lipinski definition) is 1. The molecule has 1 amide bonds. The minimum Gasteiger partial charge on any atom is -0.335 e. The van der Waals surface area contributed by atoms with Gasteiger partial charge in [0.15, 0.2) is 0 Å². The topological polar surface area (TPSA) is 78.0 Å². The molecule has 1 aliphatic heterocycles. The summed E-state index contributed by atoms with van der Waals surface area (Å²) >= 11 is 0. The van der Waals surface area contributed by atoms with Crippen molar-refractivity contribution in [2.24, 2.45) is 0 Å². The van der Waals surface area contributed by atoms with Gasteiger partial charge in [-0.15, -0.1) is 0 Å². The summed E-state index contributed by atoms with van der Waals surface area (Å²) in [5, 5.41) is 8.44. The molecule has 0 bridgehead atoms. The van der Waals surface area contributed by atoms with Gasteiger partial charge in [-0.3, -0.25) is 14.8 Å². The number of H-pyrrole nitrogens is 1. The van der Waals surface area contributed by atoms with Gasteiger partial charge in [0.1, 0.15) is 6.33 Å². The summed E-state index contributed by atoms with van der Waals surface area (Å²) in [6, 6.07) is 6.59. The van der Waals surface area contributed by atoms with Crippen molar-refractivity contribution < 1.29 is 4.79 Å². The lowest BCUT2D eigenvalue weighted by atomic mass is 10.1. The average molecular weight is 378 g/mol. The highest BCUT2D eigenvalue weighted by molar-refractivity contribution is 5.81. The smallest absolute Gasteiger partial charge is 0.219 e. The molecular formula is C21H26N6O. The van der Waals surface area contributed by atoms with E-state index in [-0.39, 0.29) is 11.9 Å². The number of amides is 1. The van der Waals surface area contributed by atoms with E-state index in [0.29, 0.717) is 6.54 Å². The summed E-state index contributed by atoms with van der Waals surface area (Å²) in [6.07, 6.45) is 10.1. The Bertz CT molecular complexity index is 925. The first kappa shape index (κ1) is 18.6. The van der Waals surface area contributed by atoms with Crippen molar-refractivity contribution in [3.63, 3.8) is 0 Å². The molecule has 4 rings (SSSR count). The van der Waals surface area contributed by atoms with Crippen LogP contribution in [0, 0.1) is 0 Å². The summed E-state index contributed by atoms with van der Waals surface area (Å²) in [5.41, 5.74) is 3.38. The number of rotatable bonds is 5. The molecule has 28 heavy (non-hydrogen) atoms. The first-order valence-corrected chi connectivity index (χ1v) is 9.85. The van der Waals surface area contributed by atoms with Gasteiger partial charge < -0.3 is 4.90 Å². The third kappa shape index (κ3) is 4.20. The predicted molar refractivity (Wildman–Crippen MR) is 107 cm³/mol. The third-order valence-corrected chi connectivity index (χ3v) is 5.56. The van der Waals surface area contributed by atoms with E-state index in [1.165, 1.54) is 11.9 Å². The molecule has 7 nitrogen and oxygen atoms in total. The predicted octanol–water partition coefficient (Wildman–Crippen LogP) is 2.76. The second-order valence-corrected chi connectivity index (χ2v) is 7.51. The molecule has 1 aromatic carbocycles. The van der Waals surface area contributed by atoms with E-state index in [1.807, 2.05) is 11.1 Å². The SMILES string of the molecule is CC(=O)N(Cc1cncnc1)[C@H]1CCCN(Cc2cccc3cn[nH]c23)CC1. The van der Waals surface area contributed by atoms with Crippen LogP contribution in [0.1, 0.15) is 37.3 Å². The summed E-state index contributed by atoms with van der Waals surface area (Å²) < 4.78 is 0. The Balaban J connectivity index is 1.42. The van der Waals surface area contributed by atoms with E-state index >= 15 is 0 Å². The van der Waals surface area contributed by atoms with Crippen LogP contribution in [0.3, 0.4) is 0 Å². The molecule has 0 saturated carbocycles.